The first-order valence-electron chi connectivity index (χ1n) is 6.02. The number of hydrogen-bond donors (Lipinski definition) is 2. The van der Waals surface area contributed by atoms with Crippen molar-refractivity contribution in [1.29, 1.82) is 0 Å². The second-order valence-electron chi connectivity index (χ2n) is 3.88. The third-order valence-corrected chi connectivity index (χ3v) is 2.53. The molecule has 1 aromatic carbocycles. The third-order valence-electron chi connectivity index (χ3n) is 2.53. The highest BCUT2D eigenvalue weighted by Gasteiger charge is 1.98. The van der Waals surface area contributed by atoms with Crippen LogP contribution in [-0.4, -0.2) is 29.6 Å². The van der Waals surface area contributed by atoms with Crippen molar-refractivity contribution < 1.29 is 0 Å². The number of nitrogens with zero attached hydrogens (tertiary/aromatic N) is 2. The SMILES string of the molecule is CCNCCNCc1cnc2ccccc2n1. The average Bonchev–Trinajstić information content (AvgIpc) is 2.38. The molecule has 4 heteroatoms. The van der Waals surface area contributed by atoms with Gasteiger partial charge in [-0.1, -0.05) is 19.1 Å². The molecule has 1 heterocycles. The Kier molecular flexibility index (Phi) is 4.41. The number of hydrogen-bond acceptors (Lipinski definition) is 4. The van der Waals surface area contributed by atoms with E-state index in [0.29, 0.717) is 0 Å². The van der Waals surface area contributed by atoms with Crippen molar-refractivity contribution in [1.82, 2.24) is 20.6 Å². The number of rotatable bonds is 6. The summed E-state index contributed by atoms with van der Waals surface area (Å²) in [5.41, 5.74) is 2.89. The number of aromatic nitrogens is 2. The minimum absolute atomic E-state index is 0.767. The maximum atomic E-state index is 4.55. The minimum atomic E-state index is 0.767. The smallest absolute Gasteiger partial charge is 0.0890 e. The predicted molar refractivity (Wildman–Crippen MR) is 69.8 cm³/mol. The van der Waals surface area contributed by atoms with Crippen molar-refractivity contribution >= 4 is 11.0 Å². The van der Waals surface area contributed by atoms with Gasteiger partial charge in [-0.15, -0.1) is 0 Å². The van der Waals surface area contributed by atoms with Gasteiger partial charge in [0.2, 0.25) is 0 Å². The van der Waals surface area contributed by atoms with Crippen LogP contribution in [0.2, 0.25) is 0 Å². The van der Waals surface area contributed by atoms with E-state index in [2.05, 4.69) is 27.5 Å². The van der Waals surface area contributed by atoms with Gasteiger partial charge in [-0.25, -0.2) is 4.98 Å². The van der Waals surface area contributed by atoms with Crippen LogP contribution in [0.1, 0.15) is 12.6 Å². The third kappa shape index (κ3) is 3.47. The average molecular weight is 230 g/mol. The first-order valence-corrected chi connectivity index (χ1v) is 6.02. The summed E-state index contributed by atoms with van der Waals surface area (Å²) < 4.78 is 0. The number of para-hydroxylation sites is 2. The highest BCUT2D eigenvalue weighted by Crippen LogP contribution is 2.07. The van der Waals surface area contributed by atoms with Crippen LogP contribution in [0.5, 0.6) is 0 Å². The molecule has 0 bridgehead atoms. The molecule has 2 aromatic rings. The molecule has 0 saturated carbocycles. The zero-order valence-corrected chi connectivity index (χ0v) is 10.1. The van der Waals surface area contributed by atoms with Gasteiger partial charge in [0, 0.05) is 19.6 Å². The van der Waals surface area contributed by atoms with E-state index in [1.165, 1.54) is 0 Å². The summed E-state index contributed by atoms with van der Waals surface area (Å²) in [5.74, 6) is 0. The molecule has 0 unspecified atom stereocenters. The fourth-order valence-electron chi connectivity index (χ4n) is 1.65. The van der Waals surface area contributed by atoms with E-state index in [-0.39, 0.29) is 0 Å². The van der Waals surface area contributed by atoms with Crippen LogP contribution in [-0.2, 0) is 6.54 Å². The molecule has 1 aromatic heterocycles. The Balaban J connectivity index is 1.90. The van der Waals surface area contributed by atoms with Gasteiger partial charge in [0.15, 0.2) is 0 Å². The lowest BCUT2D eigenvalue weighted by atomic mass is 10.3. The van der Waals surface area contributed by atoms with Crippen molar-refractivity contribution in [2.75, 3.05) is 19.6 Å². The van der Waals surface area contributed by atoms with Gasteiger partial charge in [-0.2, -0.15) is 0 Å². The summed E-state index contributed by atoms with van der Waals surface area (Å²) in [4.78, 5) is 8.93. The van der Waals surface area contributed by atoms with Crippen molar-refractivity contribution in [3.8, 4) is 0 Å². The standard InChI is InChI=1S/C13H18N4/c1-2-14-7-8-15-9-11-10-16-12-5-3-4-6-13(12)17-11/h3-6,10,14-15H,2,7-9H2,1H3. The van der Waals surface area contributed by atoms with E-state index in [4.69, 9.17) is 0 Å². The minimum Gasteiger partial charge on any atom is -0.316 e. The van der Waals surface area contributed by atoms with Gasteiger partial charge in [0.25, 0.3) is 0 Å². The van der Waals surface area contributed by atoms with E-state index in [0.717, 1.165) is 42.9 Å². The van der Waals surface area contributed by atoms with Crippen molar-refractivity contribution in [2.45, 2.75) is 13.5 Å². The van der Waals surface area contributed by atoms with Gasteiger partial charge in [0.05, 0.1) is 22.9 Å². The van der Waals surface area contributed by atoms with Crippen molar-refractivity contribution in [3.63, 3.8) is 0 Å². The maximum Gasteiger partial charge on any atom is 0.0890 e. The van der Waals surface area contributed by atoms with E-state index in [9.17, 15) is 0 Å². The summed E-state index contributed by atoms with van der Waals surface area (Å²) >= 11 is 0. The first kappa shape index (κ1) is 12.0. The summed E-state index contributed by atoms with van der Waals surface area (Å²) in [7, 11) is 0. The maximum absolute atomic E-state index is 4.55. The number of benzene rings is 1. The molecule has 0 aliphatic carbocycles. The summed E-state index contributed by atoms with van der Waals surface area (Å²) in [5, 5.41) is 6.60. The molecule has 0 aliphatic rings. The van der Waals surface area contributed by atoms with Crippen LogP contribution in [0, 0.1) is 0 Å². The Bertz CT molecular complexity index is 470. The molecular formula is C13H18N4. The Morgan fingerprint density at radius 3 is 2.65 bits per heavy atom. The molecule has 0 aliphatic heterocycles. The lowest BCUT2D eigenvalue weighted by molar-refractivity contribution is 0.619. The Morgan fingerprint density at radius 2 is 1.82 bits per heavy atom. The summed E-state index contributed by atoms with van der Waals surface area (Å²) in [6, 6.07) is 7.93. The Labute approximate surface area is 101 Å². The molecule has 2 N–H and O–H groups in total. The van der Waals surface area contributed by atoms with Crippen LogP contribution in [0.4, 0.5) is 0 Å². The molecule has 0 atom stereocenters. The van der Waals surface area contributed by atoms with Crippen LogP contribution in [0.3, 0.4) is 0 Å². The van der Waals surface area contributed by atoms with Crippen molar-refractivity contribution in [2.24, 2.45) is 0 Å². The molecule has 0 amide bonds. The number of nitrogens with one attached hydrogen (secondary N) is 2. The second kappa shape index (κ2) is 6.27. The summed E-state index contributed by atoms with van der Waals surface area (Å²) in [6.45, 7) is 5.81. The van der Waals surface area contributed by atoms with Gasteiger partial charge in [-0.05, 0) is 18.7 Å². The summed E-state index contributed by atoms with van der Waals surface area (Å²) in [6.07, 6.45) is 1.84. The van der Waals surface area contributed by atoms with E-state index < -0.39 is 0 Å². The van der Waals surface area contributed by atoms with Gasteiger partial charge in [0.1, 0.15) is 0 Å². The van der Waals surface area contributed by atoms with Crippen LogP contribution in [0.15, 0.2) is 30.5 Å². The Morgan fingerprint density at radius 1 is 1.06 bits per heavy atom. The van der Waals surface area contributed by atoms with Crippen molar-refractivity contribution in [3.05, 3.63) is 36.2 Å². The zero-order chi connectivity index (χ0) is 11.9. The van der Waals surface area contributed by atoms with Crippen LogP contribution >= 0.6 is 0 Å². The molecule has 4 nitrogen and oxygen atoms in total. The highest BCUT2D eigenvalue weighted by molar-refractivity contribution is 5.73. The quantitative estimate of drug-likeness (QED) is 0.735. The number of fused-ring (bicyclic) bond motifs is 1. The van der Waals surface area contributed by atoms with Gasteiger partial charge >= 0.3 is 0 Å². The normalized spacial score (nSPS) is 10.9. The fraction of sp³-hybridized carbons (Fsp3) is 0.385. The predicted octanol–water partition coefficient (Wildman–Crippen LogP) is 1.33. The molecular weight excluding hydrogens is 212 g/mol. The van der Waals surface area contributed by atoms with Crippen LogP contribution < -0.4 is 10.6 Å². The molecule has 0 radical (unpaired) electrons. The van der Waals surface area contributed by atoms with E-state index in [1.54, 1.807) is 0 Å². The second-order valence-corrected chi connectivity index (χ2v) is 3.88. The van der Waals surface area contributed by atoms with E-state index >= 15 is 0 Å². The van der Waals surface area contributed by atoms with Crippen LogP contribution in [0.25, 0.3) is 11.0 Å². The molecule has 0 fully saturated rings. The number of likely N-dealkylation sites (N-methyl/N-ethyl adjacent to an activating group) is 1. The molecule has 17 heavy (non-hydrogen) atoms. The van der Waals surface area contributed by atoms with Gasteiger partial charge in [-0.3, -0.25) is 4.98 Å². The molecule has 2 rings (SSSR count). The fourth-order valence-corrected chi connectivity index (χ4v) is 1.65. The lowest BCUT2D eigenvalue weighted by Gasteiger charge is -2.05. The molecule has 0 saturated heterocycles. The Hall–Kier alpha value is -1.52. The lowest BCUT2D eigenvalue weighted by Crippen LogP contribution is -2.27. The topological polar surface area (TPSA) is 49.8 Å². The highest BCUT2D eigenvalue weighted by atomic mass is 15.0. The largest absolute Gasteiger partial charge is 0.316 e. The molecule has 90 valence electrons. The van der Waals surface area contributed by atoms with E-state index in [1.807, 2.05) is 30.5 Å². The zero-order valence-electron chi connectivity index (χ0n) is 10.1. The monoisotopic (exact) mass is 230 g/mol. The first-order chi connectivity index (χ1) is 8.40. The van der Waals surface area contributed by atoms with Gasteiger partial charge < -0.3 is 10.6 Å². The molecule has 0 spiro atoms.